The number of ether oxygens (including phenoxy) is 4. The molecule has 41 heavy (non-hydrogen) atoms. The first-order valence-electron chi connectivity index (χ1n) is 13.4. The van der Waals surface area contributed by atoms with Crippen molar-refractivity contribution in [1.82, 2.24) is 10.3 Å². The number of benzene rings is 3. The number of rotatable bonds is 13. The van der Waals surface area contributed by atoms with Gasteiger partial charge in [-0.05, 0) is 47.9 Å². The molecule has 4 aromatic rings. The highest BCUT2D eigenvalue weighted by atomic mass is 32.1. The van der Waals surface area contributed by atoms with E-state index in [2.05, 4.69) is 24.1 Å². The zero-order valence-corrected chi connectivity index (χ0v) is 25.2. The Bertz CT molecular complexity index is 1450. The number of methoxy groups -OCH3 is 4. The molecule has 0 saturated carbocycles. The largest absolute Gasteiger partial charge is 0.497 e. The zero-order valence-electron chi connectivity index (χ0n) is 24.4. The molecule has 3 aromatic carbocycles. The van der Waals surface area contributed by atoms with Gasteiger partial charge in [0.05, 0.1) is 34.1 Å². The predicted molar refractivity (Wildman–Crippen MR) is 164 cm³/mol. The van der Waals surface area contributed by atoms with Crippen molar-refractivity contribution >= 4 is 22.4 Å². The minimum Gasteiger partial charge on any atom is -0.497 e. The van der Waals surface area contributed by atoms with E-state index in [1.807, 2.05) is 66.0 Å². The van der Waals surface area contributed by atoms with Crippen molar-refractivity contribution < 1.29 is 23.7 Å². The summed E-state index contributed by atoms with van der Waals surface area (Å²) in [5.74, 6) is 3.12. The highest BCUT2D eigenvalue weighted by Crippen LogP contribution is 2.38. The van der Waals surface area contributed by atoms with Crippen molar-refractivity contribution in [2.24, 2.45) is 5.92 Å². The number of anilines is 1. The molecule has 0 radical (unpaired) electrons. The van der Waals surface area contributed by atoms with Crippen LogP contribution in [-0.2, 0) is 13.1 Å². The second-order valence-corrected chi connectivity index (χ2v) is 10.7. The third kappa shape index (κ3) is 7.29. The highest BCUT2D eigenvalue weighted by Gasteiger charge is 2.19. The molecule has 0 fully saturated rings. The summed E-state index contributed by atoms with van der Waals surface area (Å²) in [4.78, 5) is 19.7. The number of carbonyl (C=O) groups excluding carboxylic acids is 1. The smallest absolute Gasteiger partial charge is 0.251 e. The van der Waals surface area contributed by atoms with Crippen molar-refractivity contribution in [1.29, 1.82) is 0 Å². The molecule has 1 N–H and O–H groups in total. The van der Waals surface area contributed by atoms with Crippen LogP contribution in [0.5, 0.6) is 23.0 Å². The molecule has 1 aromatic heterocycles. The minimum atomic E-state index is -0.0694. The van der Waals surface area contributed by atoms with E-state index >= 15 is 0 Å². The Labute approximate surface area is 245 Å². The lowest BCUT2D eigenvalue weighted by Crippen LogP contribution is -2.27. The third-order valence-electron chi connectivity index (χ3n) is 6.55. The Morgan fingerprint density at radius 1 is 0.902 bits per heavy atom. The number of hydrogen-bond acceptors (Lipinski definition) is 8. The Balaban J connectivity index is 1.67. The quantitative estimate of drug-likeness (QED) is 0.197. The average molecular weight is 576 g/mol. The molecule has 0 unspecified atom stereocenters. The molecule has 0 saturated heterocycles. The van der Waals surface area contributed by atoms with Gasteiger partial charge in [-0.1, -0.05) is 38.1 Å². The van der Waals surface area contributed by atoms with Gasteiger partial charge in [0.15, 0.2) is 16.6 Å². The first-order chi connectivity index (χ1) is 19.9. The van der Waals surface area contributed by atoms with Gasteiger partial charge >= 0.3 is 0 Å². The maximum atomic E-state index is 12.5. The van der Waals surface area contributed by atoms with E-state index in [-0.39, 0.29) is 5.91 Å². The first kappa shape index (κ1) is 29.7. The van der Waals surface area contributed by atoms with Crippen LogP contribution in [0.1, 0.15) is 35.3 Å². The van der Waals surface area contributed by atoms with Crippen LogP contribution >= 0.6 is 11.3 Å². The predicted octanol–water partition coefficient (Wildman–Crippen LogP) is 6.44. The van der Waals surface area contributed by atoms with Crippen LogP contribution in [0.15, 0.2) is 66.0 Å². The van der Waals surface area contributed by atoms with Gasteiger partial charge in [0, 0.05) is 41.7 Å². The molecule has 9 heteroatoms. The minimum absolute atomic E-state index is 0.0694. The number of nitrogens with zero attached hydrogens (tertiary/aromatic N) is 2. The van der Waals surface area contributed by atoms with E-state index in [0.717, 1.165) is 39.0 Å². The van der Waals surface area contributed by atoms with Crippen LogP contribution in [0.2, 0.25) is 0 Å². The van der Waals surface area contributed by atoms with Crippen molar-refractivity contribution in [2.45, 2.75) is 26.9 Å². The molecule has 0 aliphatic carbocycles. The number of carbonyl (C=O) groups is 1. The standard InChI is InChI=1S/C32H37N3O5S/c1-21(2)17-33-31(36)23-12-10-22(11-13-23)18-35(19-24-8-7-9-29(39-5)30(24)40-6)32-34-27(20-41-32)26-16-25(37-3)14-15-28(26)38-4/h7-16,20-21H,17-19H2,1-6H3,(H,33,36). The molecule has 0 aliphatic heterocycles. The summed E-state index contributed by atoms with van der Waals surface area (Å²) in [5.41, 5.74) is 4.29. The molecule has 0 aliphatic rings. The molecule has 4 rings (SSSR count). The molecular formula is C32H37N3O5S. The van der Waals surface area contributed by atoms with Gasteiger partial charge in [0.2, 0.25) is 0 Å². The van der Waals surface area contributed by atoms with Crippen molar-refractivity contribution in [3.05, 3.63) is 82.7 Å². The van der Waals surface area contributed by atoms with Gasteiger partial charge in [-0.2, -0.15) is 0 Å². The Hall–Kier alpha value is -4.24. The van der Waals surface area contributed by atoms with Gasteiger partial charge in [-0.15, -0.1) is 11.3 Å². The Kier molecular flexibility index (Phi) is 10.1. The molecule has 0 bridgehead atoms. The molecule has 0 spiro atoms. The molecule has 0 atom stereocenters. The summed E-state index contributed by atoms with van der Waals surface area (Å²) in [6.45, 7) is 5.88. The van der Waals surface area contributed by atoms with Crippen LogP contribution in [0.4, 0.5) is 5.13 Å². The maximum absolute atomic E-state index is 12.5. The van der Waals surface area contributed by atoms with E-state index in [1.54, 1.807) is 39.8 Å². The van der Waals surface area contributed by atoms with Crippen LogP contribution in [0, 0.1) is 5.92 Å². The van der Waals surface area contributed by atoms with E-state index in [9.17, 15) is 4.79 Å². The van der Waals surface area contributed by atoms with E-state index in [0.29, 0.717) is 42.6 Å². The van der Waals surface area contributed by atoms with E-state index in [1.165, 1.54) is 0 Å². The molecule has 8 nitrogen and oxygen atoms in total. The maximum Gasteiger partial charge on any atom is 0.251 e. The molecule has 216 valence electrons. The van der Waals surface area contributed by atoms with Crippen molar-refractivity contribution in [3.8, 4) is 34.3 Å². The van der Waals surface area contributed by atoms with Gasteiger partial charge in [-0.3, -0.25) is 4.79 Å². The summed E-state index contributed by atoms with van der Waals surface area (Å²) < 4.78 is 22.3. The fourth-order valence-corrected chi connectivity index (χ4v) is 5.23. The first-order valence-corrected chi connectivity index (χ1v) is 14.2. The fourth-order valence-electron chi connectivity index (χ4n) is 4.40. The van der Waals surface area contributed by atoms with Crippen LogP contribution in [0.3, 0.4) is 0 Å². The highest BCUT2D eigenvalue weighted by molar-refractivity contribution is 7.14. The Morgan fingerprint density at radius 3 is 2.32 bits per heavy atom. The normalized spacial score (nSPS) is 10.8. The monoisotopic (exact) mass is 575 g/mol. The van der Waals surface area contributed by atoms with Gasteiger partial charge in [0.25, 0.3) is 5.91 Å². The number of amides is 1. The molecule has 1 heterocycles. The summed E-state index contributed by atoms with van der Waals surface area (Å²) in [5, 5.41) is 5.82. The number of aromatic nitrogens is 1. The van der Waals surface area contributed by atoms with Gasteiger partial charge in [0.1, 0.15) is 11.5 Å². The van der Waals surface area contributed by atoms with E-state index in [4.69, 9.17) is 23.9 Å². The van der Waals surface area contributed by atoms with Crippen molar-refractivity contribution in [3.63, 3.8) is 0 Å². The number of hydrogen-bond donors (Lipinski definition) is 1. The van der Waals surface area contributed by atoms with Gasteiger partial charge in [-0.25, -0.2) is 4.98 Å². The second kappa shape index (κ2) is 13.9. The third-order valence-corrected chi connectivity index (χ3v) is 7.45. The number of para-hydroxylation sites is 1. The summed E-state index contributed by atoms with van der Waals surface area (Å²) in [6, 6.07) is 19.2. The van der Waals surface area contributed by atoms with Crippen LogP contribution in [0.25, 0.3) is 11.3 Å². The molecule has 1 amide bonds. The van der Waals surface area contributed by atoms with Crippen LogP contribution < -0.4 is 29.2 Å². The van der Waals surface area contributed by atoms with E-state index < -0.39 is 0 Å². The van der Waals surface area contributed by atoms with Crippen molar-refractivity contribution in [2.75, 3.05) is 39.9 Å². The fraction of sp³-hybridized carbons (Fsp3) is 0.312. The summed E-state index contributed by atoms with van der Waals surface area (Å²) in [6.07, 6.45) is 0. The lowest BCUT2D eigenvalue weighted by molar-refractivity contribution is 0.0949. The summed E-state index contributed by atoms with van der Waals surface area (Å²) >= 11 is 1.55. The number of thiazole rings is 1. The lowest BCUT2D eigenvalue weighted by atomic mass is 10.1. The summed E-state index contributed by atoms with van der Waals surface area (Å²) in [7, 11) is 6.56. The molecular weight excluding hydrogens is 538 g/mol. The lowest BCUT2D eigenvalue weighted by Gasteiger charge is -2.24. The SMILES string of the molecule is COc1ccc(OC)c(-c2csc(N(Cc3ccc(C(=O)NCC(C)C)cc3)Cc3cccc(OC)c3OC)n2)c1. The van der Waals surface area contributed by atoms with Crippen LogP contribution in [-0.4, -0.2) is 45.9 Å². The number of nitrogens with one attached hydrogen (secondary N) is 1. The second-order valence-electron chi connectivity index (χ2n) is 9.89. The zero-order chi connectivity index (χ0) is 29.4. The topological polar surface area (TPSA) is 82.2 Å². The van der Waals surface area contributed by atoms with Gasteiger partial charge < -0.3 is 29.2 Å². The average Bonchev–Trinajstić information content (AvgIpc) is 3.49. The Morgan fingerprint density at radius 2 is 1.66 bits per heavy atom.